The number of imidazole rings is 1. The van der Waals surface area contributed by atoms with Crippen LogP contribution in [0.5, 0.6) is 0 Å². The van der Waals surface area contributed by atoms with Crippen molar-refractivity contribution in [3.8, 4) is 0 Å². The van der Waals surface area contributed by atoms with Gasteiger partial charge in [-0.1, -0.05) is 26.2 Å². The van der Waals surface area contributed by atoms with Gasteiger partial charge >= 0.3 is 5.95 Å². The first-order valence-corrected chi connectivity index (χ1v) is 10.0. The number of rotatable bonds is 5. The zero-order valence-corrected chi connectivity index (χ0v) is 15.8. The van der Waals surface area contributed by atoms with Gasteiger partial charge in [0, 0.05) is 12.6 Å². The first-order chi connectivity index (χ1) is 12.6. The van der Waals surface area contributed by atoms with E-state index in [1.165, 1.54) is 44.9 Å². The third-order valence-electron chi connectivity index (χ3n) is 6.37. The third kappa shape index (κ3) is 3.40. The zero-order valence-electron chi connectivity index (χ0n) is 15.8. The summed E-state index contributed by atoms with van der Waals surface area (Å²) in [6.45, 7) is 12.8. The summed E-state index contributed by atoms with van der Waals surface area (Å²) in [5, 5.41) is 3.58. The van der Waals surface area contributed by atoms with Gasteiger partial charge in [0.25, 0.3) is 0 Å². The summed E-state index contributed by atoms with van der Waals surface area (Å²) < 4.78 is 2.21. The molecule has 2 saturated carbocycles. The summed E-state index contributed by atoms with van der Waals surface area (Å²) in [4.78, 5) is 16.8. The van der Waals surface area contributed by atoms with E-state index < -0.39 is 0 Å². The molecule has 2 aromatic heterocycles. The van der Waals surface area contributed by atoms with Crippen molar-refractivity contribution in [2.24, 2.45) is 17.8 Å². The Kier molecular flexibility index (Phi) is 4.80. The Morgan fingerprint density at radius 2 is 2.00 bits per heavy atom. The SMILES string of the molecule is [C-]#[N+]c1nc(N[C@H](C)C2CCC2)c2c(ncn2CC2CCC(C)CC2)n1. The van der Waals surface area contributed by atoms with Crippen LogP contribution in [0.1, 0.15) is 58.8 Å². The van der Waals surface area contributed by atoms with Crippen LogP contribution in [0.25, 0.3) is 16.0 Å². The van der Waals surface area contributed by atoms with Crippen molar-refractivity contribution < 1.29 is 0 Å². The minimum Gasteiger partial charge on any atom is -0.394 e. The first-order valence-electron chi connectivity index (χ1n) is 10.0. The Morgan fingerprint density at radius 3 is 2.65 bits per heavy atom. The molecule has 0 spiro atoms. The highest BCUT2D eigenvalue weighted by Crippen LogP contribution is 2.34. The Morgan fingerprint density at radius 1 is 1.23 bits per heavy atom. The summed E-state index contributed by atoms with van der Waals surface area (Å²) in [6.07, 6.45) is 11.0. The molecule has 0 unspecified atom stereocenters. The van der Waals surface area contributed by atoms with Crippen molar-refractivity contribution >= 4 is 22.9 Å². The summed E-state index contributed by atoms with van der Waals surface area (Å²) in [5.74, 6) is 3.21. The van der Waals surface area contributed by atoms with Crippen LogP contribution in [0.3, 0.4) is 0 Å². The normalized spacial score (nSPS) is 24.8. The molecule has 6 heteroatoms. The molecular formula is C20H28N6. The number of nitrogens with zero attached hydrogens (tertiary/aromatic N) is 5. The number of aromatic nitrogens is 4. The monoisotopic (exact) mass is 352 g/mol. The predicted molar refractivity (Wildman–Crippen MR) is 103 cm³/mol. The molecule has 1 atom stereocenters. The lowest BCUT2D eigenvalue weighted by molar-refractivity contribution is 0.266. The van der Waals surface area contributed by atoms with E-state index in [0.717, 1.165) is 23.8 Å². The molecule has 0 aliphatic heterocycles. The molecule has 2 aliphatic rings. The highest BCUT2D eigenvalue weighted by molar-refractivity contribution is 5.84. The predicted octanol–water partition coefficient (Wildman–Crippen LogP) is 4.80. The summed E-state index contributed by atoms with van der Waals surface area (Å²) in [5.41, 5.74) is 1.60. The van der Waals surface area contributed by atoms with Gasteiger partial charge < -0.3 is 14.7 Å². The average Bonchev–Trinajstić information content (AvgIpc) is 2.98. The first kappa shape index (κ1) is 17.3. The number of fused-ring (bicyclic) bond motifs is 1. The maximum atomic E-state index is 7.30. The number of nitrogens with one attached hydrogen (secondary N) is 1. The minimum absolute atomic E-state index is 0.178. The molecular weight excluding hydrogens is 324 g/mol. The van der Waals surface area contributed by atoms with Crippen LogP contribution in [0.4, 0.5) is 11.8 Å². The Bertz CT molecular complexity index is 808. The molecule has 2 heterocycles. The van der Waals surface area contributed by atoms with Gasteiger partial charge in [-0.15, -0.1) is 16.5 Å². The van der Waals surface area contributed by atoms with Crippen molar-refractivity contribution in [2.75, 3.05) is 5.32 Å². The van der Waals surface area contributed by atoms with Gasteiger partial charge in [0.1, 0.15) is 0 Å². The molecule has 1 N–H and O–H groups in total. The van der Waals surface area contributed by atoms with Crippen LogP contribution in [0, 0.1) is 24.3 Å². The van der Waals surface area contributed by atoms with Crippen LogP contribution in [0.2, 0.25) is 0 Å². The fourth-order valence-corrected chi connectivity index (χ4v) is 4.32. The quantitative estimate of drug-likeness (QED) is 0.785. The fraction of sp³-hybridized carbons (Fsp3) is 0.700. The fourth-order valence-electron chi connectivity index (χ4n) is 4.32. The number of anilines is 1. The molecule has 0 amide bonds. The van der Waals surface area contributed by atoms with E-state index in [0.29, 0.717) is 23.5 Å². The molecule has 2 aromatic rings. The van der Waals surface area contributed by atoms with E-state index in [9.17, 15) is 0 Å². The Balaban J connectivity index is 1.62. The maximum Gasteiger partial charge on any atom is 0.375 e. The van der Waals surface area contributed by atoms with Crippen LogP contribution in [-0.2, 0) is 6.54 Å². The molecule has 2 fully saturated rings. The van der Waals surface area contributed by atoms with Crippen molar-refractivity contribution in [3.05, 3.63) is 17.7 Å². The van der Waals surface area contributed by atoms with Crippen molar-refractivity contribution in [3.63, 3.8) is 0 Å². The number of hydrogen-bond donors (Lipinski definition) is 1. The van der Waals surface area contributed by atoms with E-state index in [4.69, 9.17) is 6.57 Å². The van der Waals surface area contributed by atoms with Crippen LogP contribution in [0.15, 0.2) is 6.33 Å². The Hall–Kier alpha value is -2.16. The summed E-state index contributed by atoms with van der Waals surface area (Å²) in [7, 11) is 0. The van der Waals surface area contributed by atoms with E-state index in [1.54, 1.807) is 0 Å². The second kappa shape index (κ2) is 7.22. The molecule has 138 valence electrons. The van der Waals surface area contributed by atoms with E-state index >= 15 is 0 Å². The summed E-state index contributed by atoms with van der Waals surface area (Å²) >= 11 is 0. The molecule has 6 nitrogen and oxygen atoms in total. The van der Waals surface area contributed by atoms with E-state index in [2.05, 4.69) is 43.5 Å². The third-order valence-corrected chi connectivity index (χ3v) is 6.37. The maximum absolute atomic E-state index is 7.30. The largest absolute Gasteiger partial charge is 0.394 e. The second-order valence-corrected chi connectivity index (χ2v) is 8.30. The van der Waals surface area contributed by atoms with Crippen molar-refractivity contribution in [1.82, 2.24) is 19.5 Å². The van der Waals surface area contributed by atoms with Crippen LogP contribution in [-0.4, -0.2) is 25.6 Å². The summed E-state index contributed by atoms with van der Waals surface area (Å²) in [6, 6.07) is 0.360. The highest BCUT2D eigenvalue weighted by Gasteiger charge is 2.27. The number of hydrogen-bond acceptors (Lipinski definition) is 4. The van der Waals surface area contributed by atoms with E-state index in [-0.39, 0.29) is 5.95 Å². The minimum atomic E-state index is 0.178. The van der Waals surface area contributed by atoms with Gasteiger partial charge in [0.05, 0.1) is 6.33 Å². The average molecular weight is 352 g/mol. The Labute approximate surface area is 155 Å². The molecule has 0 aromatic carbocycles. The topological polar surface area (TPSA) is 60.0 Å². The van der Waals surface area contributed by atoms with Gasteiger partial charge in [0.15, 0.2) is 5.52 Å². The van der Waals surface area contributed by atoms with Gasteiger partial charge in [-0.25, -0.2) is 4.98 Å². The van der Waals surface area contributed by atoms with E-state index in [1.807, 2.05) is 6.33 Å². The van der Waals surface area contributed by atoms with Crippen LogP contribution >= 0.6 is 0 Å². The van der Waals surface area contributed by atoms with Gasteiger partial charge in [-0.05, 0) is 50.4 Å². The molecule has 2 aliphatic carbocycles. The smallest absolute Gasteiger partial charge is 0.375 e. The standard InChI is InChI=1S/C20H28N6/c1-13-7-9-15(10-8-13)11-26-12-22-18-17(26)19(25-20(21-3)24-18)23-14(2)16-5-4-6-16/h12-16H,4-11H2,1-2H3,(H,23,24,25)/t13?,14-,15?/m1/s1. The van der Waals surface area contributed by atoms with Crippen LogP contribution < -0.4 is 5.32 Å². The lowest BCUT2D eigenvalue weighted by atomic mass is 9.80. The molecule has 26 heavy (non-hydrogen) atoms. The highest BCUT2D eigenvalue weighted by atomic mass is 15.2. The molecule has 0 bridgehead atoms. The van der Waals surface area contributed by atoms with Gasteiger partial charge in [0.2, 0.25) is 11.5 Å². The molecule has 0 saturated heterocycles. The molecule has 4 rings (SSSR count). The second-order valence-electron chi connectivity index (χ2n) is 8.30. The van der Waals surface area contributed by atoms with Crippen molar-refractivity contribution in [2.45, 2.75) is 71.4 Å². The lowest BCUT2D eigenvalue weighted by Gasteiger charge is -2.32. The molecule has 0 radical (unpaired) electrons. The van der Waals surface area contributed by atoms with Gasteiger partial charge in [-0.2, -0.15) is 0 Å². The lowest BCUT2D eigenvalue weighted by Crippen LogP contribution is -2.31. The van der Waals surface area contributed by atoms with Gasteiger partial charge in [-0.3, -0.25) is 0 Å². The van der Waals surface area contributed by atoms with Crippen molar-refractivity contribution in [1.29, 1.82) is 0 Å². The zero-order chi connectivity index (χ0) is 18.1.